The van der Waals surface area contributed by atoms with Gasteiger partial charge in [0, 0.05) is 22.9 Å². The number of nitrogens with one attached hydrogen (secondary N) is 2. The standard InChI is InChI=1S/C15H27N3O2S/c1-6-15(5,7-8-19)18-13(20)16-9-12-17-11(10-21-12)14(2,3)4/h10,19H,6-9H2,1-5H3,(H2,16,18,20). The molecular formula is C15H27N3O2S. The Kier molecular flexibility index (Phi) is 6.16. The number of hydrogen-bond acceptors (Lipinski definition) is 4. The zero-order valence-electron chi connectivity index (χ0n) is 13.6. The number of urea groups is 1. The van der Waals surface area contributed by atoms with Crippen LogP contribution in [0.25, 0.3) is 0 Å². The van der Waals surface area contributed by atoms with E-state index in [1.165, 1.54) is 0 Å². The minimum Gasteiger partial charge on any atom is -0.396 e. The largest absolute Gasteiger partial charge is 0.396 e. The van der Waals surface area contributed by atoms with Crippen LogP contribution in [0.15, 0.2) is 5.38 Å². The van der Waals surface area contributed by atoms with Crippen molar-refractivity contribution >= 4 is 17.4 Å². The molecule has 1 unspecified atom stereocenters. The summed E-state index contributed by atoms with van der Waals surface area (Å²) in [5.41, 5.74) is 0.695. The molecule has 6 heteroatoms. The Bertz CT molecular complexity index is 468. The van der Waals surface area contributed by atoms with Crippen LogP contribution in [0.1, 0.15) is 58.2 Å². The molecular weight excluding hydrogens is 286 g/mol. The fraction of sp³-hybridized carbons (Fsp3) is 0.733. The van der Waals surface area contributed by atoms with E-state index in [-0.39, 0.29) is 23.6 Å². The zero-order chi connectivity index (χ0) is 16.1. The van der Waals surface area contributed by atoms with Crippen LogP contribution in [0.2, 0.25) is 0 Å². The Balaban J connectivity index is 2.51. The summed E-state index contributed by atoms with van der Waals surface area (Å²) in [6.07, 6.45) is 1.31. The predicted octanol–water partition coefficient (Wildman–Crippen LogP) is 2.79. The van der Waals surface area contributed by atoms with Gasteiger partial charge in [0.2, 0.25) is 0 Å². The predicted molar refractivity (Wildman–Crippen MR) is 86.6 cm³/mol. The Hall–Kier alpha value is -1.14. The van der Waals surface area contributed by atoms with Crippen molar-refractivity contribution in [1.82, 2.24) is 15.6 Å². The van der Waals surface area contributed by atoms with Crippen molar-refractivity contribution in [3.63, 3.8) is 0 Å². The van der Waals surface area contributed by atoms with E-state index in [4.69, 9.17) is 5.11 Å². The minimum atomic E-state index is -0.377. The maximum atomic E-state index is 11.9. The van der Waals surface area contributed by atoms with Gasteiger partial charge in [-0.25, -0.2) is 9.78 Å². The molecule has 0 aliphatic rings. The average molecular weight is 313 g/mol. The summed E-state index contributed by atoms with van der Waals surface area (Å²) in [7, 11) is 0. The second-order valence-electron chi connectivity index (χ2n) is 6.57. The monoisotopic (exact) mass is 313 g/mol. The Morgan fingerprint density at radius 2 is 2.05 bits per heavy atom. The summed E-state index contributed by atoms with van der Waals surface area (Å²) >= 11 is 1.56. The number of aliphatic hydroxyl groups excluding tert-OH is 1. The third-order valence-corrected chi connectivity index (χ3v) is 4.43. The zero-order valence-corrected chi connectivity index (χ0v) is 14.4. The number of aromatic nitrogens is 1. The molecule has 1 aromatic rings. The third kappa shape index (κ3) is 5.63. The fourth-order valence-electron chi connectivity index (χ4n) is 1.79. The van der Waals surface area contributed by atoms with Gasteiger partial charge in [0.05, 0.1) is 12.2 Å². The van der Waals surface area contributed by atoms with Crippen LogP contribution < -0.4 is 10.6 Å². The summed E-state index contributed by atoms with van der Waals surface area (Å²) in [5.74, 6) is 0. The topological polar surface area (TPSA) is 74.2 Å². The van der Waals surface area contributed by atoms with Crippen molar-refractivity contribution in [2.45, 2.75) is 65.0 Å². The molecule has 120 valence electrons. The van der Waals surface area contributed by atoms with E-state index in [1.54, 1.807) is 11.3 Å². The molecule has 0 spiro atoms. The van der Waals surface area contributed by atoms with Gasteiger partial charge in [0.1, 0.15) is 5.01 Å². The van der Waals surface area contributed by atoms with Crippen molar-refractivity contribution < 1.29 is 9.90 Å². The number of thiazole rings is 1. The Morgan fingerprint density at radius 3 is 2.52 bits per heavy atom. The number of carbonyl (C=O) groups excluding carboxylic acids is 1. The molecule has 0 radical (unpaired) electrons. The summed E-state index contributed by atoms with van der Waals surface area (Å²) < 4.78 is 0. The highest BCUT2D eigenvalue weighted by atomic mass is 32.1. The SMILES string of the molecule is CCC(C)(CCO)NC(=O)NCc1nc(C(C)(C)C)cs1. The lowest BCUT2D eigenvalue weighted by atomic mass is 9.93. The lowest BCUT2D eigenvalue weighted by Gasteiger charge is -2.28. The van der Waals surface area contributed by atoms with Gasteiger partial charge in [-0.05, 0) is 19.8 Å². The van der Waals surface area contributed by atoms with Crippen LogP contribution in [-0.2, 0) is 12.0 Å². The smallest absolute Gasteiger partial charge is 0.315 e. The summed E-state index contributed by atoms with van der Waals surface area (Å²) in [4.78, 5) is 16.5. The van der Waals surface area contributed by atoms with Crippen LogP contribution in [0, 0.1) is 0 Å². The molecule has 1 heterocycles. The lowest BCUT2D eigenvalue weighted by Crippen LogP contribution is -2.50. The van der Waals surface area contributed by atoms with E-state index in [0.717, 1.165) is 17.1 Å². The first kappa shape index (κ1) is 17.9. The Morgan fingerprint density at radius 1 is 1.38 bits per heavy atom. The molecule has 0 saturated heterocycles. The molecule has 5 nitrogen and oxygen atoms in total. The van der Waals surface area contributed by atoms with Crippen molar-refractivity contribution in [2.75, 3.05) is 6.61 Å². The number of rotatable bonds is 6. The third-order valence-electron chi connectivity index (χ3n) is 3.58. The Labute approximate surface area is 131 Å². The first-order valence-corrected chi connectivity index (χ1v) is 8.20. The average Bonchev–Trinajstić information content (AvgIpc) is 2.85. The summed E-state index contributed by atoms with van der Waals surface area (Å²) in [6, 6.07) is -0.222. The normalized spacial score (nSPS) is 14.6. The van der Waals surface area contributed by atoms with Gasteiger partial charge in [-0.2, -0.15) is 0 Å². The number of aliphatic hydroxyl groups is 1. The van der Waals surface area contributed by atoms with Crippen LogP contribution >= 0.6 is 11.3 Å². The van der Waals surface area contributed by atoms with Crippen molar-refractivity contribution in [3.05, 3.63) is 16.1 Å². The molecule has 1 atom stereocenters. The van der Waals surface area contributed by atoms with Crippen molar-refractivity contribution in [3.8, 4) is 0 Å². The number of nitrogens with zero attached hydrogens (tertiary/aromatic N) is 1. The van der Waals surface area contributed by atoms with E-state index >= 15 is 0 Å². The number of carbonyl (C=O) groups is 1. The van der Waals surface area contributed by atoms with Gasteiger partial charge in [-0.3, -0.25) is 0 Å². The lowest BCUT2D eigenvalue weighted by molar-refractivity contribution is 0.200. The van der Waals surface area contributed by atoms with Gasteiger partial charge in [0.15, 0.2) is 0 Å². The number of hydrogen-bond donors (Lipinski definition) is 3. The molecule has 3 N–H and O–H groups in total. The molecule has 0 aliphatic carbocycles. The first-order valence-electron chi connectivity index (χ1n) is 7.32. The van der Waals surface area contributed by atoms with E-state index in [1.807, 2.05) is 19.2 Å². The van der Waals surface area contributed by atoms with E-state index < -0.39 is 0 Å². The summed E-state index contributed by atoms with van der Waals surface area (Å²) in [5, 5.41) is 17.7. The molecule has 1 rings (SSSR count). The van der Waals surface area contributed by atoms with Gasteiger partial charge >= 0.3 is 6.03 Å². The molecule has 0 saturated carbocycles. The van der Waals surface area contributed by atoms with Crippen molar-refractivity contribution in [1.29, 1.82) is 0 Å². The molecule has 0 aliphatic heterocycles. The highest BCUT2D eigenvalue weighted by molar-refractivity contribution is 7.09. The van der Waals surface area contributed by atoms with Crippen molar-refractivity contribution in [2.24, 2.45) is 0 Å². The molecule has 1 aromatic heterocycles. The van der Waals surface area contributed by atoms with Gasteiger partial charge in [0.25, 0.3) is 0 Å². The van der Waals surface area contributed by atoms with Gasteiger partial charge in [-0.1, -0.05) is 27.7 Å². The maximum Gasteiger partial charge on any atom is 0.315 e. The number of amides is 2. The van der Waals surface area contributed by atoms with E-state index in [9.17, 15) is 4.79 Å². The minimum absolute atomic E-state index is 0.0267. The van der Waals surface area contributed by atoms with Crippen LogP contribution in [-0.4, -0.2) is 28.3 Å². The molecule has 2 amide bonds. The highest BCUT2D eigenvalue weighted by Gasteiger charge is 2.23. The molecule has 0 aromatic carbocycles. The van der Waals surface area contributed by atoms with Crippen LogP contribution in [0.5, 0.6) is 0 Å². The highest BCUT2D eigenvalue weighted by Crippen LogP contribution is 2.23. The molecule has 0 bridgehead atoms. The van der Waals surface area contributed by atoms with Gasteiger partial charge < -0.3 is 15.7 Å². The van der Waals surface area contributed by atoms with E-state index in [2.05, 4.69) is 36.4 Å². The fourth-order valence-corrected chi connectivity index (χ4v) is 2.75. The second-order valence-corrected chi connectivity index (χ2v) is 7.51. The van der Waals surface area contributed by atoms with E-state index in [0.29, 0.717) is 13.0 Å². The molecule has 0 fully saturated rings. The molecule has 21 heavy (non-hydrogen) atoms. The first-order chi connectivity index (χ1) is 9.70. The second kappa shape index (κ2) is 7.22. The van der Waals surface area contributed by atoms with Crippen LogP contribution in [0.3, 0.4) is 0 Å². The quantitative estimate of drug-likeness (QED) is 0.756. The van der Waals surface area contributed by atoms with Gasteiger partial charge in [-0.15, -0.1) is 11.3 Å². The summed E-state index contributed by atoms with van der Waals surface area (Å²) in [6.45, 7) is 10.8. The van der Waals surface area contributed by atoms with Crippen LogP contribution in [0.4, 0.5) is 4.79 Å². The maximum absolute atomic E-state index is 11.9.